The summed E-state index contributed by atoms with van der Waals surface area (Å²) in [6, 6.07) is 16.7. The summed E-state index contributed by atoms with van der Waals surface area (Å²) >= 11 is 0. The number of carbonyl (C=O) groups excluding carboxylic acids is 4. The summed E-state index contributed by atoms with van der Waals surface area (Å²) in [6.07, 6.45) is 3.16. The molecule has 14 heteroatoms. The van der Waals surface area contributed by atoms with Crippen LogP contribution in [-0.4, -0.2) is 102 Å². The molecule has 0 radical (unpaired) electrons. The van der Waals surface area contributed by atoms with E-state index in [1.165, 1.54) is 11.1 Å². The second-order valence-corrected chi connectivity index (χ2v) is 11.8. The van der Waals surface area contributed by atoms with E-state index in [1.54, 1.807) is 43.0 Å². The van der Waals surface area contributed by atoms with Gasteiger partial charge < -0.3 is 34.0 Å². The number of benzene rings is 2. The zero-order chi connectivity index (χ0) is 35.3. The molecule has 0 bridgehead atoms. The molecule has 1 aliphatic carbocycles. The number of carbonyl (C=O) groups is 4. The summed E-state index contributed by atoms with van der Waals surface area (Å²) in [6.45, 7) is 4.43. The number of para-hydroxylation sites is 1. The van der Waals surface area contributed by atoms with Crippen molar-refractivity contribution in [3.63, 3.8) is 0 Å². The summed E-state index contributed by atoms with van der Waals surface area (Å²) in [5, 5.41) is 4.35. The molecular weight excluding hydrogens is 646 g/mol. The molecule has 14 nitrogen and oxygen atoms in total. The third kappa shape index (κ3) is 10.1. The lowest BCUT2D eigenvalue weighted by molar-refractivity contribution is -0.157. The van der Waals surface area contributed by atoms with Crippen molar-refractivity contribution in [2.45, 2.75) is 58.1 Å². The first-order chi connectivity index (χ1) is 24.3. The predicted molar refractivity (Wildman–Crippen MR) is 180 cm³/mol. The van der Waals surface area contributed by atoms with E-state index in [9.17, 15) is 19.2 Å². The smallest absolute Gasteiger partial charge is 0.482 e. The van der Waals surface area contributed by atoms with Gasteiger partial charge in [0.2, 0.25) is 11.8 Å². The molecule has 1 aromatic heterocycles. The van der Waals surface area contributed by atoms with Crippen molar-refractivity contribution >= 4 is 23.9 Å². The molecular formula is C36H43N5O9. The van der Waals surface area contributed by atoms with Crippen LogP contribution in [0.5, 0.6) is 11.6 Å². The molecule has 2 aromatic carbocycles. The van der Waals surface area contributed by atoms with Crippen LogP contribution in [0, 0.1) is 0 Å². The fraction of sp³-hybridized carbons (Fsp3) is 0.444. The number of nitrogens with zero attached hydrogens (tertiary/aromatic N) is 4. The van der Waals surface area contributed by atoms with Crippen LogP contribution in [0.25, 0.3) is 11.4 Å². The second kappa shape index (κ2) is 18.0. The minimum Gasteiger partial charge on any atom is -0.482 e. The largest absolute Gasteiger partial charge is 0.527 e. The number of rotatable bonds is 14. The van der Waals surface area contributed by atoms with Gasteiger partial charge in [-0.15, -0.1) is 5.06 Å². The first-order valence-corrected chi connectivity index (χ1v) is 17.0. The van der Waals surface area contributed by atoms with Crippen molar-refractivity contribution in [2.24, 2.45) is 0 Å². The van der Waals surface area contributed by atoms with E-state index in [-0.39, 0.29) is 76.0 Å². The van der Waals surface area contributed by atoms with Crippen LogP contribution in [0.15, 0.2) is 60.7 Å². The number of aromatic nitrogens is 2. The molecule has 3 aromatic rings. The van der Waals surface area contributed by atoms with Crippen molar-refractivity contribution in [2.75, 3.05) is 46.0 Å². The van der Waals surface area contributed by atoms with Crippen LogP contribution in [0.1, 0.15) is 55.6 Å². The van der Waals surface area contributed by atoms with Gasteiger partial charge in [-0.25, -0.2) is 14.6 Å². The number of amides is 2. The Labute approximate surface area is 291 Å². The van der Waals surface area contributed by atoms with E-state index < -0.39 is 24.1 Å². The van der Waals surface area contributed by atoms with Gasteiger partial charge in [0.25, 0.3) is 5.91 Å². The lowest BCUT2D eigenvalue weighted by atomic mass is 10.0. The molecule has 266 valence electrons. The highest BCUT2D eigenvalue weighted by atomic mass is 16.8. The van der Waals surface area contributed by atoms with Crippen molar-refractivity contribution in [1.82, 2.24) is 25.2 Å². The van der Waals surface area contributed by atoms with Crippen molar-refractivity contribution in [3.8, 4) is 23.0 Å². The van der Waals surface area contributed by atoms with Gasteiger partial charge in [0.15, 0.2) is 12.4 Å². The van der Waals surface area contributed by atoms with Crippen LogP contribution >= 0.6 is 0 Å². The van der Waals surface area contributed by atoms with Gasteiger partial charge in [-0.3, -0.25) is 9.59 Å². The average molecular weight is 690 g/mol. The second-order valence-electron chi connectivity index (χ2n) is 11.8. The van der Waals surface area contributed by atoms with Gasteiger partial charge in [-0.05, 0) is 51.2 Å². The van der Waals surface area contributed by atoms with E-state index in [1.807, 2.05) is 30.3 Å². The maximum absolute atomic E-state index is 14.1. The zero-order valence-corrected chi connectivity index (χ0v) is 28.4. The number of nitrogens with one attached hydrogen (secondary N) is 1. The standard InChI is InChI=1S/C36H43N5O9/c1-3-46-32(42)24-48-30-17-11-8-14-26(30)22-29(35(44)40-18-20-41(21-19-40)50-36(45)47-4-2)38-34(43)28-23-31(49-27-15-9-10-16-27)39-33(37-28)25-12-6-5-7-13-25/h5-8,11-14,17,23,27,29H,3-4,9-10,15-16,18-22,24H2,1-2H3,(H,38,43). The minimum absolute atomic E-state index is 0.00338. The van der Waals surface area contributed by atoms with Gasteiger partial charge >= 0.3 is 12.1 Å². The van der Waals surface area contributed by atoms with Crippen molar-refractivity contribution in [3.05, 3.63) is 71.9 Å². The number of hydrogen-bond acceptors (Lipinski definition) is 12. The number of esters is 1. The van der Waals surface area contributed by atoms with Gasteiger partial charge in [-0.1, -0.05) is 48.5 Å². The Morgan fingerprint density at radius 1 is 0.880 bits per heavy atom. The highest BCUT2D eigenvalue weighted by Crippen LogP contribution is 2.26. The molecule has 0 spiro atoms. The number of hydrogen-bond donors (Lipinski definition) is 1. The molecule has 5 rings (SSSR count). The van der Waals surface area contributed by atoms with Gasteiger partial charge in [0, 0.05) is 31.1 Å². The Bertz CT molecular complexity index is 1610. The van der Waals surface area contributed by atoms with E-state index >= 15 is 0 Å². The molecule has 2 heterocycles. The SMILES string of the molecule is CCOC(=O)COc1ccccc1CC(NC(=O)c1cc(OC2CCCC2)nc(-c2ccccc2)n1)C(=O)N1CCN(OC(=O)OCC)CC1. The molecule has 2 amide bonds. The normalized spacial score (nSPS) is 15.5. The maximum Gasteiger partial charge on any atom is 0.527 e. The number of hydroxylamine groups is 2. The van der Waals surface area contributed by atoms with E-state index in [2.05, 4.69) is 15.3 Å². The molecule has 1 aliphatic heterocycles. The fourth-order valence-electron chi connectivity index (χ4n) is 5.77. The summed E-state index contributed by atoms with van der Waals surface area (Å²) < 4.78 is 21.8. The predicted octanol–water partition coefficient (Wildman–Crippen LogP) is 3.98. The number of ether oxygens (including phenoxy) is 4. The van der Waals surface area contributed by atoms with Gasteiger partial charge in [0.1, 0.15) is 23.6 Å². The van der Waals surface area contributed by atoms with Crippen LogP contribution in [0.4, 0.5) is 4.79 Å². The van der Waals surface area contributed by atoms with Crippen LogP contribution in [0.3, 0.4) is 0 Å². The van der Waals surface area contributed by atoms with Crippen LogP contribution < -0.4 is 14.8 Å². The maximum atomic E-state index is 14.1. The monoisotopic (exact) mass is 689 g/mol. The first-order valence-electron chi connectivity index (χ1n) is 17.0. The van der Waals surface area contributed by atoms with E-state index in [0.717, 1.165) is 25.7 Å². The van der Waals surface area contributed by atoms with E-state index in [0.29, 0.717) is 22.7 Å². The summed E-state index contributed by atoms with van der Waals surface area (Å²) in [5.41, 5.74) is 1.35. The third-order valence-corrected chi connectivity index (χ3v) is 8.22. The Morgan fingerprint density at radius 3 is 2.30 bits per heavy atom. The van der Waals surface area contributed by atoms with Crippen LogP contribution in [0.2, 0.25) is 0 Å². The molecule has 2 aliphatic rings. The Kier molecular flexibility index (Phi) is 12.9. The molecule has 1 N–H and O–H groups in total. The minimum atomic E-state index is -1.05. The Morgan fingerprint density at radius 2 is 1.58 bits per heavy atom. The average Bonchev–Trinajstić information content (AvgIpc) is 3.64. The summed E-state index contributed by atoms with van der Waals surface area (Å²) in [5.74, 6) is -0.484. The Hall–Kier alpha value is -5.24. The fourth-order valence-corrected chi connectivity index (χ4v) is 5.77. The highest BCUT2D eigenvalue weighted by Gasteiger charge is 2.32. The third-order valence-electron chi connectivity index (χ3n) is 8.22. The highest BCUT2D eigenvalue weighted by molar-refractivity contribution is 5.96. The lowest BCUT2D eigenvalue weighted by Crippen LogP contribution is -2.55. The quantitative estimate of drug-likeness (QED) is 0.243. The van der Waals surface area contributed by atoms with Gasteiger partial charge in [-0.2, -0.15) is 4.98 Å². The summed E-state index contributed by atoms with van der Waals surface area (Å²) in [7, 11) is 0. The molecule has 1 saturated carbocycles. The lowest BCUT2D eigenvalue weighted by Gasteiger charge is -2.35. The molecule has 50 heavy (non-hydrogen) atoms. The van der Waals surface area contributed by atoms with E-state index in [4.69, 9.17) is 23.8 Å². The van der Waals surface area contributed by atoms with Crippen LogP contribution in [-0.2, 0) is 30.3 Å². The van der Waals surface area contributed by atoms with Crippen molar-refractivity contribution in [1.29, 1.82) is 0 Å². The topological polar surface area (TPSA) is 159 Å². The van der Waals surface area contributed by atoms with Gasteiger partial charge in [0.05, 0.1) is 26.3 Å². The molecule has 1 unspecified atom stereocenters. The first kappa shape index (κ1) is 36.1. The Balaban J connectivity index is 1.39. The number of piperazine rings is 1. The molecule has 2 fully saturated rings. The molecule has 1 atom stereocenters. The zero-order valence-electron chi connectivity index (χ0n) is 28.4. The summed E-state index contributed by atoms with van der Waals surface area (Å²) in [4.78, 5) is 68.0. The van der Waals surface area contributed by atoms with Crippen molar-refractivity contribution < 1.29 is 43.0 Å². The molecule has 1 saturated heterocycles.